The van der Waals surface area contributed by atoms with Gasteiger partial charge in [0.15, 0.2) is 0 Å². The zero-order valence-electron chi connectivity index (χ0n) is 13.5. The molecule has 0 spiro atoms. The number of hydrogen-bond donors (Lipinski definition) is 3. The van der Waals surface area contributed by atoms with E-state index in [1.165, 1.54) is 11.3 Å². The van der Waals surface area contributed by atoms with Crippen molar-refractivity contribution in [3.05, 3.63) is 28.2 Å². The van der Waals surface area contributed by atoms with Gasteiger partial charge in [-0.05, 0) is 37.2 Å². The SMILES string of the molecule is CCc1c(C)sc(NC(=O)[C@@H]2[C@@H](C(=O)O)[C@H]3C=C[C@H]2C3)c1C(N)=O. The van der Waals surface area contributed by atoms with E-state index in [-0.39, 0.29) is 17.7 Å². The second kappa shape index (κ2) is 6.05. The number of carbonyl (C=O) groups excluding carboxylic acids is 2. The molecular formula is C17H20N2O4S. The molecule has 1 fully saturated rings. The van der Waals surface area contributed by atoms with Crippen molar-refractivity contribution in [1.29, 1.82) is 0 Å². The van der Waals surface area contributed by atoms with Crippen molar-refractivity contribution < 1.29 is 19.5 Å². The summed E-state index contributed by atoms with van der Waals surface area (Å²) >= 11 is 1.31. The molecule has 4 atom stereocenters. The molecular weight excluding hydrogens is 328 g/mol. The first kappa shape index (κ1) is 16.7. The fraction of sp³-hybridized carbons (Fsp3) is 0.471. The maximum atomic E-state index is 12.7. The van der Waals surface area contributed by atoms with E-state index in [2.05, 4.69) is 5.32 Å². The number of carboxylic acids is 1. The maximum Gasteiger partial charge on any atom is 0.307 e. The van der Waals surface area contributed by atoms with Crippen LogP contribution < -0.4 is 11.1 Å². The van der Waals surface area contributed by atoms with Crippen LogP contribution in [0.15, 0.2) is 12.2 Å². The van der Waals surface area contributed by atoms with E-state index in [4.69, 9.17) is 5.73 Å². The Morgan fingerprint density at radius 1 is 1.29 bits per heavy atom. The van der Waals surface area contributed by atoms with Gasteiger partial charge in [0.1, 0.15) is 5.00 Å². The highest BCUT2D eigenvalue weighted by atomic mass is 32.1. The highest BCUT2D eigenvalue weighted by Crippen LogP contribution is 2.48. The molecule has 0 aliphatic heterocycles. The van der Waals surface area contributed by atoms with Crippen molar-refractivity contribution in [3.63, 3.8) is 0 Å². The van der Waals surface area contributed by atoms with Crippen molar-refractivity contribution in [2.45, 2.75) is 26.7 Å². The van der Waals surface area contributed by atoms with E-state index in [0.29, 0.717) is 23.4 Å². The van der Waals surface area contributed by atoms with E-state index < -0.39 is 23.7 Å². The van der Waals surface area contributed by atoms with Gasteiger partial charge < -0.3 is 16.2 Å². The number of aryl methyl sites for hydroxylation is 1. The number of primary amides is 1. The molecule has 3 rings (SSSR count). The molecule has 24 heavy (non-hydrogen) atoms. The second-order valence-electron chi connectivity index (χ2n) is 6.39. The highest BCUT2D eigenvalue weighted by Gasteiger charge is 2.51. The number of aliphatic carboxylic acids is 1. The second-order valence-corrected chi connectivity index (χ2v) is 7.61. The van der Waals surface area contributed by atoms with E-state index in [9.17, 15) is 19.5 Å². The summed E-state index contributed by atoms with van der Waals surface area (Å²) in [5, 5.41) is 12.7. The number of allylic oxidation sites excluding steroid dienone is 2. The van der Waals surface area contributed by atoms with Crippen molar-refractivity contribution >= 4 is 34.1 Å². The van der Waals surface area contributed by atoms with E-state index in [0.717, 1.165) is 10.4 Å². The number of nitrogens with one attached hydrogen (secondary N) is 1. The number of thiophene rings is 1. The van der Waals surface area contributed by atoms with Crippen molar-refractivity contribution in [2.24, 2.45) is 29.4 Å². The summed E-state index contributed by atoms with van der Waals surface area (Å²) in [4.78, 5) is 37.0. The smallest absolute Gasteiger partial charge is 0.307 e. The number of hydrogen-bond acceptors (Lipinski definition) is 4. The van der Waals surface area contributed by atoms with Crippen LogP contribution in [0.2, 0.25) is 0 Å². The number of carbonyl (C=O) groups is 3. The van der Waals surface area contributed by atoms with Crippen LogP contribution in [0, 0.1) is 30.6 Å². The number of rotatable bonds is 5. The minimum Gasteiger partial charge on any atom is -0.481 e. The molecule has 128 valence electrons. The Hall–Kier alpha value is -2.15. The number of carboxylic acid groups (broad SMARTS) is 1. The summed E-state index contributed by atoms with van der Waals surface area (Å²) in [6, 6.07) is 0. The number of amides is 2. The van der Waals surface area contributed by atoms with E-state index in [1.807, 2.05) is 26.0 Å². The molecule has 4 N–H and O–H groups in total. The molecule has 1 aromatic rings. The topological polar surface area (TPSA) is 109 Å². The van der Waals surface area contributed by atoms with Crippen LogP contribution in [-0.2, 0) is 16.0 Å². The number of nitrogens with two attached hydrogens (primary N) is 1. The number of anilines is 1. The lowest BCUT2D eigenvalue weighted by Gasteiger charge is -2.23. The molecule has 1 saturated carbocycles. The maximum absolute atomic E-state index is 12.7. The monoisotopic (exact) mass is 348 g/mol. The lowest BCUT2D eigenvalue weighted by molar-refractivity contribution is -0.146. The van der Waals surface area contributed by atoms with Crippen LogP contribution in [0.4, 0.5) is 5.00 Å². The third-order valence-corrected chi connectivity index (χ3v) is 6.16. The summed E-state index contributed by atoms with van der Waals surface area (Å²) < 4.78 is 0. The predicted octanol–water partition coefficient (Wildman–Crippen LogP) is 2.18. The molecule has 0 aromatic carbocycles. The summed E-state index contributed by atoms with van der Waals surface area (Å²) in [5.41, 5.74) is 6.67. The molecule has 7 heteroatoms. The molecule has 0 unspecified atom stereocenters. The first-order valence-electron chi connectivity index (χ1n) is 7.99. The lowest BCUT2D eigenvalue weighted by Crippen LogP contribution is -2.36. The Morgan fingerprint density at radius 3 is 2.46 bits per heavy atom. The van der Waals surface area contributed by atoms with Crippen LogP contribution in [0.1, 0.15) is 34.1 Å². The van der Waals surface area contributed by atoms with Gasteiger partial charge in [-0.1, -0.05) is 19.1 Å². The molecule has 1 heterocycles. The van der Waals surface area contributed by atoms with Gasteiger partial charge in [0.05, 0.1) is 17.4 Å². The highest BCUT2D eigenvalue weighted by molar-refractivity contribution is 7.16. The summed E-state index contributed by atoms with van der Waals surface area (Å²) in [7, 11) is 0. The number of fused-ring (bicyclic) bond motifs is 2. The van der Waals surface area contributed by atoms with Crippen LogP contribution >= 0.6 is 11.3 Å². The largest absolute Gasteiger partial charge is 0.481 e. The Bertz CT molecular complexity index is 752. The van der Waals surface area contributed by atoms with Gasteiger partial charge in [-0.3, -0.25) is 14.4 Å². The van der Waals surface area contributed by atoms with E-state index >= 15 is 0 Å². The summed E-state index contributed by atoms with van der Waals surface area (Å²) in [5.74, 6) is -3.32. The van der Waals surface area contributed by atoms with Crippen LogP contribution in [-0.4, -0.2) is 22.9 Å². The summed E-state index contributed by atoms with van der Waals surface area (Å²) in [6.07, 6.45) is 5.17. The van der Waals surface area contributed by atoms with Gasteiger partial charge >= 0.3 is 5.97 Å². The molecule has 6 nitrogen and oxygen atoms in total. The third kappa shape index (κ3) is 2.53. The zero-order valence-corrected chi connectivity index (χ0v) is 14.4. The van der Waals surface area contributed by atoms with Crippen LogP contribution in [0.3, 0.4) is 0 Å². The van der Waals surface area contributed by atoms with Gasteiger partial charge in [-0.25, -0.2) is 0 Å². The lowest BCUT2D eigenvalue weighted by atomic mass is 9.82. The van der Waals surface area contributed by atoms with Gasteiger partial charge in [-0.15, -0.1) is 11.3 Å². The Kier molecular flexibility index (Phi) is 4.21. The average Bonchev–Trinajstić information content (AvgIpc) is 3.18. The first-order valence-corrected chi connectivity index (χ1v) is 8.80. The van der Waals surface area contributed by atoms with Gasteiger partial charge in [-0.2, -0.15) is 0 Å². The molecule has 2 amide bonds. The molecule has 0 radical (unpaired) electrons. The van der Waals surface area contributed by atoms with Gasteiger partial charge in [0, 0.05) is 4.88 Å². The zero-order chi connectivity index (χ0) is 17.6. The third-order valence-electron chi connectivity index (χ3n) is 5.09. The fourth-order valence-corrected chi connectivity index (χ4v) is 5.22. The first-order chi connectivity index (χ1) is 11.3. The van der Waals surface area contributed by atoms with Gasteiger partial charge in [0.2, 0.25) is 5.91 Å². The summed E-state index contributed by atoms with van der Waals surface area (Å²) in [6.45, 7) is 3.81. The van der Waals surface area contributed by atoms with E-state index in [1.54, 1.807) is 0 Å². The molecule has 1 aromatic heterocycles. The molecule has 2 aliphatic rings. The Morgan fingerprint density at radius 2 is 1.92 bits per heavy atom. The quantitative estimate of drug-likeness (QED) is 0.708. The predicted molar refractivity (Wildman–Crippen MR) is 90.9 cm³/mol. The fourth-order valence-electron chi connectivity index (χ4n) is 4.06. The normalized spacial score (nSPS) is 27.4. The minimum absolute atomic E-state index is 0.0557. The minimum atomic E-state index is -0.946. The van der Waals surface area contributed by atoms with Crippen molar-refractivity contribution in [3.8, 4) is 0 Å². The van der Waals surface area contributed by atoms with Crippen molar-refractivity contribution in [2.75, 3.05) is 5.32 Å². The van der Waals surface area contributed by atoms with Crippen LogP contribution in [0.25, 0.3) is 0 Å². The molecule has 0 saturated heterocycles. The van der Waals surface area contributed by atoms with Crippen molar-refractivity contribution in [1.82, 2.24) is 0 Å². The standard InChI is InChI=1S/C17H20N2O4S/c1-3-10-7(2)24-16(13(10)14(18)20)19-15(21)11-8-4-5-9(6-8)12(11)17(22)23/h4-5,8-9,11-12H,3,6H2,1-2H3,(H2,18,20)(H,19,21)(H,22,23)/t8-,9-,11-,12-/m0/s1. The molecule has 2 aliphatic carbocycles. The Balaban J connectivity index is 1.89. The Labute approximate surface area is 143 Å². The van der Waals surface area contributed by atoms with Gasteiger partial charge in [0.25, 0.3) is 5.91 Å². The van der Waals surface area contributed by atoms with Crippen LogP contribution in [0.5, 0.6) is 0 Å². The molecule has 2 bridgehead atoms. The average molecular weight is 348 g/mol.